The molecular formula is C19H16ClFN4O2. The van der Waals surface area contributed by atoms with Crippen molar-refractivity contribution in [3.8, 4) is 5.75 Å². The molecule has 2 aromatic carbocycles. The van der Waals surface area contributed by atoms with Gasteiger partial charge in [0.05, 0.1) is 5.02 Å². The first-order chi connectivity index (χ1) is 13.0. The van der Waals surface area contributed by atoms with E-state index in [0.717, 1.165) is 5.56 Å². The molecule has 3 rings (SSSR count). The van der Waals surface area contributed by atoms with Crippen molar-refractivity contribution in [1.82, 2.24) is 10.2 Å². The molecule has 8 heteroatoms. The number of aromatic nitrogens is 2. The summed E-state index contributed by atoms with van der Waals surface area (Å²) in [5, 5.41) is 13.4. The highest BCUT2D eigenvalue weighted by Crippen LogP contribution is 2.22. The first-order valence-electron chi connectivity index (χ1n) is 8.05. The number of carbonyl (C=O) groups excluding carboxylic acids is 1. The van der Waals surface area contributed by atoms with Crippen molar-refractivity contribution >= 4 is 34.8 Å². The van der Waals surface area contributed by atoms with Crippen molar-refractivity contribution in [2.24, 2.45) is 0 Å². The lowest BCUT2D eigenvalue weighted by molar-refractivity contribution is -0.118. The Bertz CT molecular complexity index is 933. The highest BCUT2D eigenvalue weighted by molar-refractivity contribution is 6.31. The minimum atomic E-state index is -0.501. The third-order valence-electron chi connectivity index (χ3n) is 3.51. The number of rotatable bonds is 6. The Hall–Kier alpha value is -3.19. The van der Waals surface area contributed by atoms with Crippen LogP contribution in [0.25, 0.3) is 0 Å². The number of halogens is 2. The fraction of sp³-hybridized carbons (Fsp3) is 0.105. The van der Waals surface area contributed by atoms with Crippen molar-refractivity contribution in [3.05, 3.63) is 71.0 Å². The number of ether oxygens (including phenoxy) is 1. The summed E-state index contributed by atoms with van der Waals surface area (Å²) < 4.78 is 18.6. The zero-order valence-corrected chi connectivity index (χ0v) is 15.1. The van der Waals surface area contributed by atoms with Crippen LogP contribution in [0.1, 0.15) is 5.56 Å². The highest BCUT2D eigenvalue weighted by Gasteiger charge is 2.06. The predicted molar refractivity (Wildman–Crippen MR) is 102 cm³/mol. The lowest BCUT2D eigenvalue weighted by Crippen LogP contribution is -2.21. The van der Waals surface area contributed by atoms with Crippen molar-refractivity contribution in [3.63, 3.8) is 0 Å². The number of hydrogen-bond donors (Lipinski definition) is 2. The van der Waals surface area contributed by atoms with Gasteiger partial charge >= 0.3 is 0 Å². The maximum Gasteiger partial charge on any atom is 0.263 e. The van der Waals surface area contributed by atoms with Crippen molar-refractivity contribution in [2.45, 2.75) is 6.92 Å². The third kappa shape index (κ3) is 5.39. The molecule has 3 aromatic rings. The quantitative estimate of drug-likeness (QED) is 0.659. The van der Waals surface area contributed by atoms with Gasteiger partial charge in [0.15, 0.2) is 18.2 Å². The van der Waals surface area contributed by atoms with Crippen LogP contribution in [-0.2, 0) is 4.79 Å². The Morgan fingerprint density at radius 1 is 1.07 bits per heavy atom. The number of amides is 1. The zero-order valence-electron chi connectivity index (χ0n) is 14.4. The van der Waals surface area contributed by atoms with Crippen molar-refractivity contribution in [1.29, 1.82) is 0 Å². The van der Waals surface area contributed by atoms with Gasteiger partial charge in [-0.1, -0.05) is 29.3 Å². The van der Waals surface area contributed by atoms with E-state index in [4.69, 9.17) is 16.3 Å². The van der Waals surface area contributed by atoms with Gasteiger partial charge in [-0.05, 0) is 49.4 Å². The van der Waals surface area contributed by atoms with Gasteiger partial charge < -0.3 is 15.4 Å². The van der Waals surface area contributed by atoms with Crippen LogP contribution >= 0.6 is 11.6 Å². The Labute approximate surface area is 160 Å². The largest absolute Gasteiger partial charge is 0.484 e. The standard InChI is InChI=1S/C19H16ClFN4O2/c1-12-2-5-14(6-3-12)27-11-19(26)23-18-9-8-17(24-25-18)22-13-4-7-16(21)15(20)10-13/h2-10H,11H2,1H3,(H,22,24)(H,23,25,26). The topological polar surface area (TPSA) is 76.1 Å². The molecule has 0 aliphatic heterocycles. The Morgan fingerprint density at radius 2 is 1.78 bits per heavy atom. The number of aryl methyl sites for hydroxylation is 1. The zero-order chi connectivity index (χ0) is 19.2. The molecule has 2 N–H and O–H groups in total. The van der Waals surface area contributed by atoms with E-state index < -0.39 is 5.82 Å². The molecule has 6 nitrogen and oxygen atoms in total. The summed E-state index contributed by atoms with van der Waals surface area (Å²) >= 11 is 5.73. The molecule has 0 aliphatic rings. The number of carbonyl (C=O) groups is 1. The van der Waals surface area contributed by atoms with E-state index in [1.807, 2.05) is 19.1 Å². The van der Waals surface area contributed by atoms with Crippen LogP contribution in [0.4, 0.5) is 21.7 Å². The molecule has 0 atom stereocenters. The number of nitrogens with zero attached hydrogens (tertiary/aromatic N) is 2. The molecule has 0 bridgehead atoms. The van der Waals surface area contributed by atoms with E-state index in [2.05, 4.69) is 20.8 Å². The van der Waals surface area contributed by atoms with Crippen LogP contribution in [0.3, 0.4) is 0 Å². The predicted octanol–water partition coefficient (Wildman–Crippen LogP) is 4.34. The molecule has 1 heterocycles. The van der Waals surface area contributed by atoms with Crippen LogP contribution in [0.2, 0.25) is 5.02 Å². The minimum absolute atomic E-state index is 0.00502. The Balaban J connectivity index is 1.52. The van der Waals surface area contributed by atoms with Crippen LogP contribution in [0.5, 0.6) is 5.75 Å². The summed E-state index contributed by atoms with van der Waals surface area (Å²) in [6.45, 7) is 1.83. The first kappa shape index (κ1) is 18.6. The summed E-state index contributed by atoms with van der Waals surface area (Å²) in [6, 6.07) is 14.8. The van der Waals surface area contributed by atoms with E-state index in [0.29, 0.717) is 17.3 Å². The van der Waals surface area contributed by atoms with Gasteiger partial charge in [-0.3, -0.25) is 4.79 Å². The van der Waals surface area contributed by atoms with E-state index in [-0.39, 0.29) is 23.4 Å². The average molecular weight is 387 g/mol. The molecule has 0 fully saturated rings. The summed E-state index contributed by atoms with van der Waals surface area (Å²) in [6.07, 6.45) is 0. The Kier molecular flexibility index (Phi) is 5.83. The molecule has 138 valence electrons. The summed E-state index contributed by atoms with van der Waals surface area (Å²) in [7, 11) is 0. The van der Waals surface area contributed by atoms with Gasteiger partial charge in [-0.15, -0.1) is 10.2 Å². The van der Waals surface area contributed by atoms with Crippen LogP contribution in [0, 0.1) is 12.7 Å². The van der Waals surface area contributed by atoms with E-state index in [1.54, 1.807) is 24.3 Å². The number of benzene rings is 2. The van der Waals surface area contributed by atoms with Crippen LogP contribution in [-0.4, -0.2) is 22.7 Å². The summed E-state index contributed by atoms with van der Waals surface area (Å²) in [5.74, 6) is 0.469. The van der Waals surface area contributed by atoms with Gasteiger partial charge in [0.2, 0.25) is 0 Å². The average Bonchev–Trinajstić information content (AvgIpc) is 2.66. The Morgan fingerprint density at radius 3 is 2.44 bits per heavy atom. The molecule has 0 spiro atoms. The summed E-state index contributed by atoms with van der Waals surface area (Å²) in [5.41, 5.74) is 1.68. The highest BCUT2D eigenvalue weighted by atomic mass is 35.5. The van der Waals surface area contributed by atoms with E-state index >= 15 is 0 Å². The normalized spacial score (nSPS) is 10.3. The smallest absolute Gasteiger partial charge is 0.263 e. The molecule has 0 saturated heterocycles. The monoisotopic (exact) mass is 386 g/mol. The van der Waals surface area contributed by atoms with Crippen molar-refractivity contribution in [2.75, 3.05) is 17.2 Å². The van der Waals surface area contributed by atoms with E-state index in [1.165, 1.54) is 18.2 Å². The fourth-order valence-electron chi connectivity index (χ4n) is 2.15. The number of anilines is 3. The second-order valence-electron chi connectivity index (χ2n) is 5.71. The maximum absolute atomic E-state index is 13.2. The maximum atomic E-state index is 13.2. The fourth-order valence-corrected chi connectivity index (χ4v) is 2.33. The number of hydrogen-bond acceptors (Lipinski definition) is 5. The molecule has 1 aromatic heterocycles. The molecule has 0 aliphatic carbocycles. The number of nitrogens with one attached hydrogen (secondary N) is 2. The molecule has 1 amide bonds. The van der Waals surface area contributed by atoms with Gasteiger partial charge in [-0.25, -0.2) is 4.39 Å². The van der Waals surface area contributed by atoms with Crippen LogP contribution < -0.4 is 15.4 Å². The second kappa shape index (κ2) is 8.46. The van der Waals surface area contributed by atoms with Gasteiger partial charge in [0.25, 0.3) is 5.91 Å². The first-order valence-corrected chi connectivity index (χ1v) is 8.42. The second-order valence-corrected chi connectivity index (χ2v) is 6.11. The van der Waals surface area contributed by atoms with Crippen molar-refractivity contribution < 1.29 is 13.9 Å². The minimum Gasteiger partial charge on any atom is -0.484 e. The van der Waals surface area contributed by atoms with Gasteiger partial charge in [-0.2, -0.15) is 0 Å². The third-order valence-corrected chi connectivity index (χ3v) is 3.80. The van der Waals surface area contributed by atoms with E-state index in [9.17, 15) is 9.18 Å². The molecule has 0 radical (unpaired) electrons. The van der Waals surface area contributed by atoms with Gasteiger partial charge in [0.1, 0.15) is 11.6 Å². The SMILES string of the molecule is Cc1ccc(OCC(=O)Nc2ccc(Nc3ccc(F)c(Cl)c3)nn2)cc1. The lowest BCUT2D eigenvalue weighted by Gasteiger charge is -2.08. The van der Waals surface area contributed by atoms with Crippen LogP contribution in [0.15, 0.2) is 54.6 Å². The molecule has 0 unspecified atom stereocenters. The summed E-state index contributed by atoms with van der Waals surface area (Å²) in [4.78, 5) is 11.9. The van der Waals surface area contributed by atoms with Gasteiger partial charge in [0, 0.05) is 5.69 Å². The lowest BCUT2D eigenvalue weighted by atomic mass is 10.2. The molecule has 27 heavy (non-hydrogen) atoms. The molecule has 0 saturated carbocycles. The molecular weight excluding hydrogens is 371 g/mol.